The minimum absolute atomic E-state index is 0.0270. The molecule has 1 saturated carbocycles. The highest BCUT2D eigenvalue weighted by atomic mass is 32.2. The van der Waals surface area contributed by atoms with Crippen molar-refractivity contribution in [2.45, 2.75) is 43.1 Å². The largest absolute Gasteiger partial charge is 0.492 e. The molecule has 192 valence electrons. The van der Waals surface area contributed by atoms with Gasteiger partial charge in [-0.25, -0.2) is 13.4 Å². The van der Waals surface area contributed by atoms with Crippen LogP contribution in [0.5, 0.6) is 5.75 Å². The Bertz CT molecular complexity index is 1240. The summed E-state index contributed by atoms with van der Waals surface area (Å²) in [5.74, 6) is -0.290. The molecule has 2 aromatic rings. The Morgan fingerprint density at radius 1 is 1.33 bits per heavy atom. The van der Waals surface area contributed by atoms with E-state index in [-0.39, 0.29) is 17.2 Å². The van der Waals surface area contributed by atoms with Gasteiger partial charge < -0.3 is 19.7 Å². The maximum absolute atomic E-state index is 14.1. The number of aromatic carboxylic acids is 1. The number of nitrogens with one attached hydrogen (secondary N) is 1. The molecule has 2 fully saturated rings. The van der Waals surface area contributed by atoms with E-state index in [0.29, 0.717) is 41.2 Å². The minimum Gasteiger partial charge on any atom is -0.492 e. The van der Waals surface area contributed by atoms with E-state index in [4.69, 9.17) is 4.74 Å². The molecule has 1 unspecified atom stereocenters. The van der Waals surface area contributed by atoms with Crippen molar-refractivity contribution in [3.05, 3.63) is 58.9 Å². The third-order valence-electron chi connectivity index (χ3n) is 7.47. The molecule has 2 heterocycles. The van der Waals surface area contributed by atoms with Crippen LogP contribution in [0.2, 0.25) is 0 Å². The predicted octanol–water partition coefficient (Wildman–Crippen LogP) is 4.26. The first-order valence-electron chi connectivity index (χ1n) is 12.2. The lowest BCUT2D eigenvalue weighted by atomic mass is 9.90. The van der Waals surface area contributed by atoms with Crippen LogP contribution in [0.4, 0.5) is 10.1 Å². The van der Waals surface area contributed by atoms with E-state index in [1.165, 1.54) is 18.2 Å². The number of halogens is 1. The maximum Gasteiger partial charge on any atom is 0.341 e. The van der Waals surface area contributed by atoms with Gasteiger partial charge in [-0.3, -0.25) is 4.90 Å². The number of nitrogens with zero attached hydrogens (tertiary/aromatic N) is 1. The lowest BCUT2D eigenvalue weighted by Gasteiger charge is -2.25. The predicted molar refractivity (Wildman–Crippen MR) is 136 cm³/mol. The van der Waals surface area contributed by atoms with Crippen molar-refractivity contribution in [1.82, 2.24) is 4.90 Å². The fourth-order valence-corrected chi connectivity index (χ4v) is 6.24. The summed E-state index contributed by atoms with van der Waals surface area (Å²) in [6, 6.07) is 7.48. The summed E-state index contributed by atoms with van der Waals surface area (Å²) in [5, 5.41) is 20.1. The van der Waals surface area contributed by atoms with E-state index < -0.39 is 28.4 Å². The van der Waals surface area contributed by atoms with Crippen molar-refractivity contribution < 1.29 is 28.3 Å². The molecule has 3 aliphatic rings. The monoisotopic (exact) mass is 514 g/mol. The summed E-state index contributed by atoms with van der Waals surface area (Å²) in [6.07, 6.45) is 5.53. The zero-order valence-electron chi connectivity index (χ0n) is 20.4. The first-order chi connectivity index (χ1) is 17.1. The zero-order chi connectivity index (χ0) is 25.6. The fourth-order valence-electron chi connectivity index (χ4n) is 5.22. The van der Waals surface area contributed by atoms with Gasteiger partial charge in [-0.1, -0.05) is 18.2 Å². The van der Waals surface area contributed by atoms with Crippen molar-refractivity contribution in [2.24, 2.45) is 11.8 Å². The standard InChI is InChI=1S/C27H31FN2O5S/c1-27(2,33)18-9-11-30(14-18)10-3-4-16-12-19(28)5-8-23(16)36(34)29-22-7-6-20-21-13-17(21)15-35-25(20)24(22)26(31)32/h3-8,12,17-18,21,29,33H,9-11,13-15H2,1-2H3,(H,31,32)/b4-3-/t17-,18-,21-,36?/m0/s1. The van der Waals surface area contributed by atoms with Crippen LogP contribution < -0.4 is 9.46 Å². The number of anilines is 1. The molecule has 36 heavy (non-hydrogen) atoms. The van der Waals surface area contributed by atoms with Crippen LogP contribution in [0, 0.1) is 17.7 Å². The average molecular weight is 515 g/mol. The lowest BCUT2D eigenvalue weighted by molar-refractivity contribution is 0.0215. The molecule has 2 aliphatic heterocycles. The molecular weight excluding hydrogens is 483 g/mol. The quantitative estimate of drug-likeness (QED) is 0.487. The summed E-state index contributed by atoms with van der Waals surface area (Å²) in [4.78, 5) is 14.7. The number of fused-ring (bicyclic) bond motifs is 3. The number of aliphatic hydroxyl groups is 1. The molecule has 7 nitrogen and oxygen atoms in total. The second-order valence-electron chi connectivity index (χ2n) is 10.5. The van der Waals surface area contributed by atoms with Gasteiger partial charge in [0.25, 0.3) is 0 Å². The Hall–Kier alpha value is -2.75. The molecule has 0 amide bonds. The van der Waals surface area contributed by atoms with Crippen LogP contribution in [0.3, 0.4) is 0 Å². The van der Waals surface area contributed by atoms with E-state index >= 15 is 0 Å². The van der Waals surface area contributed by atoms with Gasteiger partial charge >= 0.3 is 5.97 Å². The third-order valence-corrected chi connectivity index (χ3v) is 8.65. The van der Waals surface area contributed by atoms with E-state index in [9.17, 15) is 23.6 Å². The van der Waals surface area contributed by atoms with Gasteiger partial charge in [-0.15, -0.1) is 0 Å². The number of hydrogen-bond donors (Lipinski definition) is 3. The molecule has 2 aromatic carbocycles. The van der Waals surface area contributed by atoms with E-state index in [0.717, 1.165) is 31.5 Å². The van der Waals surface area contributed by atoms with Crippen molar-refractivity contribution in [1.29, 1.82) is 0 Å². The van der Waals surface area contributed by atoms with Gasteiger partial charge in [-0.05, 0) is 74.5 Å². The van der Waals surface area contributed by atoms with E-state index in [1.807, 2.05) is 26.0 Å². The molecule has 1 saturated heterocycles. The van der Waals surface area contributed by atoms with Gasteiger partial charge in [0.1, 0.15) is 17.1 Å². The van der Waals surface area contributed by atoms with Gasteiger partial charge in [-0.2, -0.15) is 0 Å². The van der Waals surface area contributed by atoms with E-state index in [2.05, 4.69) is 9.62 Å². The Labute approximate surface area is 212 Å². The van der Waals surface area contributed by atoms with Gasteiger partial charge in [0.15, 0.2) is 11.0 Å². The molecule has 3 N–H and O–H groups in total. The molecule has 4 atom stereocenters. The minimum atomic E-state index is -1.84. The topological polar surface area (TPSA) is 99.1 Å². The van der Waals surface area contributed by atoms with Crippen LogP contribution in [-0.2, 0) is 11.0 Å². The van der Waals surface area contributed by atoms with Crippen LogP contribution in [0.15, 0.2) is 41.3 Å². The zero-order valence-corrected chi connectivity index (χ0v) is 21.2. The van der Waals surface area contributed by atoms with Gasteiger partial charge in [0.05, 0.1) is 22.8 Å². The molecular formula is C27H31FN2O5S. The molecule has 0 radical (unpaired) electrons. The Balaban J connectivity index is 1.34. The normalized spacial score (nSPS) is 24.2. The van der Waals surface area contributed by atoms with Crippen LogP contribution in [0.1, 0.15) is 54.1 Å². The fraction of sp³-hybridized carbons (Fsp3) is 0.444. The molecule has 5 rings (SSSR count). The number of carboxylic acids is 1. The average Bonchev–Trinajstić information content (AvgIpc) is 3.45. The second-order valence-corrected chi connectivity index (χ2v) is 11.7. The number of carbonyl (C=O) groups is 1. The second kappa shape index (κ2) is 9.61. The number of ether oxygens (including phenoxy) is 1. The number of likely N-dealkylation sites (tertiary alicyclic amines) is 1. The maximum atomic E-state index is 14.1. The molecule has 0 spiro atoms. The van der Waals surface area contributed by atoms with Crippen molar-refractivity contribution >= 4 is 28.7 Å². The summed E-state index contributed by atoms with van der Waals surface area (Å²) in [7, 11) is -1.84. The van der Waals surface area contributed by atoms with Crippen LogP contribution in [-0.4, -0.2) is 57.1 Å². The Morgan fingerprint density at radius 2 is 2.14 bits per heavy atom. The Kier molecular flexibility index (Phi) is 6.65. The summed E-state index contributed by atoms with van der Waals surface area (Å²) < 4.78 is 36.0. The van der Waals surface area contributed by atoms with Crippen molar-refractivity contribution in [3.63, 3.8) is 0 Å². The Morgan fingerprint density at radius 3 is 2.86 bits per heavy atom. The lowest BCUT2D eigenvalue weighted by Crippen LogP contribution is -2.33. The van der Waals surface area contributed by atoms with Gasteiger partial charge in [0.2, 0.25) is 0 Å². The summed E-state index contributed by atoms with van der Waals surface area (Å²) >= 11 is 0. The molecule has 0 bridgehead atoms. The summed E-state index contributed by atoms with van der Waals surface area (Å²) in [6.45, 7) is 6.40. The molecule has 0 aromatic heterocycles. The SMILES string of the molecule is CC(C)(O)[C@H]1CCN(C/C=C\c2cc(F)ccc2S(=O)Nc2ccc3c(c2C(=O)O)OC[C@@H]2C[C@H]32)C1. The summed E-state index contributed by atoms with van der Waals surface area (Å²) in [5.41, 5.74) is 0.784. The number of hydrogen-bond acceptors (Lipinski definition) is 5. The number of carboxylic acid groups (broad SMARTS) is 1. The number of rotatable bonds is 8. The molecule has 9 heteroatoms. The number of benzene rings is 2. The highest BCUT2D eigenvalue weighted by Gasteiger charge is 2.45. The first-order valence-corrected chi connectivity index (χ1v) is 13.4. The van der Waals surface area contributed by atoms with Gasteiger partial charge in [0, 0.05) is 24.9 Å². The smallest absolute Gasteiger partial charge is 0.341 e. The molecule has 1 aliphatic carbocycles. The first kappa shape index (κ1) is 24.9. The van der Waals surface area contributed by atoms with Crippen molar-refractivity contribution in [3.8, 4) is 5.75 Å². The van der Waals surface area contributed by atoms with Crippen LogP contribution in [0.25, 0.3) is 6.08 Å². The van der Waals surface area contributed by atoms with E-state index in [1.54, 1.807) is 12.1 Å². The van der Waals surface area contributed by atoms with Crippen molar-refractivity contribution in [2.75, 3.05) is 31.0 Å². The highest BCUT2D eigenvalue weighted by Crippen LogP contribution is 2.55. The highest BCUT2D eigenvalue weighted by molar-refractivity contribution is 7.86. The van der Waals surface area contributed by atoms with Crippen LogP contribution >= 0.6 is 0 Å². The third kappa shape index (κ3) is 5.05.